The summed E-state index contributed by atoms with van der Waals surface area (Å²) in [6.07, 6.45) is 25.1. The first-order chi connectivity index (χ1) is 39.8. The molecule has 3 rings (SSSR count). The van der Waals surface area contributed by atoms with Crippen molar-refractivity contribution in [1.29, 1.82) is 0 Å². The predicted octanol–water partition coefficient (Wildman–Crippen LogP) is 6.88. The normalized spacial score (nSPS) is 29.8. The van der Waals surface area contributed by atoms with Crippen molar-refractivity contribution in [3.05, 3.63) is 36.5 Å². The van der Waals surface area contributed by atoms with Crippen molar-refractivity contribution in [3.8, 4) is 0 Å². The fraction of sp³-hybridized carbons (Fsp3) is 0.889. The van der Waals surface area contributed by atoms with E-state index in [0.717, 1.165) is 57.8 Å². The van der Waals surface area contributed by atoms with Crippen LogP contribution in [-0.2, 0) is 33.2 Å². The number of hydrogen-bond donors (Lipinski definition) is 12. The molecule has 17 atom stereocenters. The lowest BCUT2D eigenvalue weighted by molar-refractivity contribution is -0.379. The molecule has 3 heterocycles. The predicted molar refractivity (Wildman–Crippen MR) is 314 cm³/mol. The fourth-order valence-corrected chi connectivity index (χ4v) is 10.9. The number of aliphatic hydroxyl groups is 11. The summed E-state index contributed by atoms with van der Waals surface area (Å²) in [5.74, 6) is -0.300. The zero-order valence-electron chi connectivity index (χ0n) is 50.2. The largest absolute Gasteiger partial charge is 0.394 e. The molecule has 17 unspecified atom stereocenters. The fourth-order valence-electron chi connectivity index (χ4n) is 10.9. The molecular formula is C63H115NO18. The van der Waals surface area contributed by atoms with Gasteiger partial charge in [-0.15, -0.1) is 0 Å². The second-order valence-electron chi connectivity index (χ2n) is 23.2. The number of ether oxygens (including phenoxy) is 6. The zero-order chi connectivity index (χ0) is 59.7. The van der Waals surface area contributed by atoms with Crippen LogP contribution in [0.3, 0.4) is 0 Å². The van der Waals surface area contributed by atoms with Crippen molar-refractivity contribution in [2.75, 3.05) is 26.4 Å². The van der Waals surface area contributed by atoms with Crippen LogP contribution in [0.1, 0.15) is 226 Å². The number of nitrogens with one attached hydrogen (secondary N) is 1. The Labute approximate surface area is 491 Å². The van der Waals surface area contributed by atoms with Gasteiger partial charge in [-0.25, -0.2) is 0 Å². The third-order valence-corrected chi connectivity index (χ3v) is 16.2. The highest BCUT2D eigenvalue weighted by Gasteiger charge is 2.53. The molecule has 3 aliphatic rings. The van der Waals surface area contributed by atoms with Crippen LogP contribution in [0.15, 0.2) is 36.5 Å². The van der Waals surface area contributed by atoms with Gasteiger partial charge in [-0.05, 0) is 44.9 Å². The van der Waals surface area contributed by atoms with Crippen molar-refractivity contribution >= 4 is 5.91 Å². The highest BCUT2D eigenvalue weighted by atomic mass is 16.8. The second kappa shape index (κ2) is 46.2. The number of rotatable bonds is 48. The molecule has 1 amide bonds. The Morgan fingerprint density at radius 3 is 1.22 bits per heavy atom. The van der Waals surface area contributed by atoms with Crippen LogP contribution >= 0.6 is 0 Å². The minimum Gasteiger partial charge on any atom is -0.394 e. The van der Waals surface area contributed by atoms with E-state index in [9.17, 15) is 61.0 Å². The van der Waals surface area contributed by atoms with E-state index in [0.29, 0.717) is 12.8 Å². The number of carbonyl (C=O) groups is 1. The third-order valence-electron chi connectivity index (χ3n) is 16.2. The Morgan fingerprint density at radius 1 is 0.427 bits per heavy atom. The van der Waals surface area contributed by atoms with Gasteiger partial charge in [0.05, 0.1) is 38.6 Å². The van der Waals surface area contributed by atoms with Gasteiger partial charge >= 0.3 is 0 Å². The topological polar surface area (TPSA) is 307 Å². The molecule has 0 aromatic rings. The van der Waals surface area contributed by atoms with E-state index >= 15 is 0 Å². The number of allylic oxidation sites excluding steroid dienone is 5. The van der Waals surface area contributed by atoms with E-state index in [2.05, 4.69) is 43.5 Å². The number of amides is 1. The van der Waals surface area contributed by atoms with Gasteiger partial charge in [-0.1, -0.05) is 211 Å². The minimum absolute atomic E-state index is 0.229. The maximum atomic E-state index is 13.1. The monoisotopic (exact) mass is 1170 g/mol. The molecule has 3 aliphatic heterocycles. The van der Waals surface area contributed by atoms with Crippen LogP contribution < -0.4 is 5.32 Å². The van der Waals surface area contributed by atoms with E-state index in [1.165, 1.54) is 135 Å². The third kappa shape index (κ3) is 29.1. The van der Waals surface area contributed by atoms with Crippen molar-refractivity contribution in [1.82, 2.24) is 5.32 Å². The molecule has 0 spiro atoms. The Hall–Kier alpha value is -1.99. The summed E-state index contributed by atoms with van der Waals surface area (Å²) in [6.45, 7) is 1.62. The molecule has 0 aromatic carbocycles. The Morgan fingerprint density at radius 2 is 0.780 bits per heavy atom. The maximum absolute atomic E-state index is 13.1. The van der Waals surface area contributed by atoms with Crippen molar-refractivity contribution in [3.63, 3.8) is 0 Å². The highest BCUT2D eigenvalue weighted by molar-refractivity contribution is 5.76. The molecule has 0 saturated carbocycles. The summed E-state index contributed by atoms with van der Waals surface area (Å²) in [4.78, 5) is 13.1. The molecule has 0 radical (unpaired) electrons. The quantitative estimate of drug-likeness (QED) is 0.0218. The van der Waals surface area contributed by atoms with Gasteiger partial charge in [-0.2, -0.15) is 0 Å². The van der Waals surface area contributed by atoms with Crippen molar-refractivity contribution < 1.29 is 89.4 Å². The lowest BCUT2D eigenvalue weighted by atomic mass is 9.96. The standard InChI is InChI=1S/C63H115NO18/c1-3-5-7-9-11-12-13-14-15-16-17-18-19-20-21-22-23-24-25-26-27-28-29-30-31-32-33-34-35-36-38-40-47(68)46(64-51(69)41-39-37-10-8-6-4-2)45-77-61-57(75)54(72)59(49(43-66)79-61)82-63-58(76)55(73)60(50(44-67)80-63)81-62-56(74)53(71)52(70)48(42-65)78-62/h29-30,33-34,38,40,46-50,52-63,65-68,70-76H,3-28,31-32,35-37,39,41-45H2,1-2H3,(H,64,69)/b30-29+,34-33+,40-38+. The number of hydrogen-bond acceptors (Lipinski definition) is 18. The second-order valence-corrected chi connectivity index (χ2v) is 23.2. The lowest BCUT2D eigenvalue weighted by Gasteiger charge is -2.48. The summed E-state index contributed by atoms with van der Waals surface area (Å²) in [5, 5.41) is 120. The minimum atomic E-state index is -1.98. The van der Waals surface area contributed by atoms with Gasteiger partial charge in [0.1, 0.15) is 73.2 Å². The van der Waals surface area contributed by atoms with Gasteiger partial charge in [0.15, 0.2) is 18.9 Å². The van der Waals surface area contributed by atoms with Crippen molar-refractivity contribution in [2.24, 2.45) is 0 Å². The molecule has 0 aliphatic carbocycles. The SMILES string of the molecule is CCCCCCCCCCCCCCCCCCCCCCC/C=C/CC/C=C/CC/C=C/C(O)C(COC1OC(CO)C(OC2OC(CO)C(OC3OC(CO)C(O)C(O)C3O)C(O)C2O)C(O)C1O)NC(=O)CCCCCCCC. The molecule has 3 fully saturated rings. The molecule has 19 nitrogen and oxygen atoms in total. The van der Waals surface area contributed by atoms with E-state index in [4.69, 9.17) is 28.4 Å². The smallest absolute Gasteiger partial charge is 0.220 e. The molecule has 0 bridgehead atoms. The van der Waals surface area contributed by atoms with Gasteiger partial charge in [0.25, 0.3) is 0 Å². The van der Waals surface area contributed by atoms with E-state index < -0.39 is 124 Å². The Kier molecular flexibility index (Phi) is 41.8. The van der Waals surface area contributed by atoms with E-state index in [1.807, 2.05) is 6.08 Å². The maximum Gasteiger partial charge on any atom is 0.220 e. The lowest BCUT2D eigenvalue weighted by Crippen LogP contribution is -2.66. The molecule has 3 saturated heterocycles. The van der Waals surface area contributed by atoms with Gasteiger partial charge in [-0.3, -0.25) is 4.79 Å². The first-order valence-corrected chi connectivity index (χ1v) is 32.2. The molecule has 19 heteroatoms. The van der Waals surface area contributed by atoms with E-state index in [-0.39, 0.29) is 18.9 Å². The average molecular weight is 1170 g/mol. The molecular weight excluding hydrogens is 1060 g/mol. The summed E-state index contributed by atoms with van der Waals surface area (Å²) >= 11 is 0. The average Bonchev–Trinajstić information content (AvgIpc) is 3.28. The van der Waals surface area contributed by atoms with Crippen LogP contribution in [0.5, 0.6) is 0 Å². The number of unbranched alkanes of at least 4 members (excludes halogenated alkanes) is 28. The van der Waals surface area contributed by atoms with Gasteiger partial charge < -0.3 is 89.9 Å². The Balaban J connectivity index is 1.37. The summed E-state index contributed by atoms with van der Waals surface area (Å²) < 4.78 is 34.1. The molecule has 480 valence electrons. The summed E-state index contributed by atoms with van der Waals surface area (Å²) in [5.41, 5.74) is 0. The molecule has 0 aromatic heterocycles. The molecule has 12 N–H and O–H groups in total. The summed E-state index contributed by atoms with van der Waals surface area (Å²) in [6, 6.07) is -0.991. The number of carbonyl (C=O) groups excluding carboxylic acids is 1. The van der Waals surface area contributed by atoms with Crippen LogP contribution in [0.4, 0.5) is 0 Å². The molecule has 82 heavy (non-hydrogen) atoms. The first-order valence-electron chi connectivity index (χ1n) is 32.2. The van der Waals surface area contributed by atoms with Crippen LogP contribution in [-0.4, -0.2) is 193 Å². The zero-order valence-corrected chi connectivity index (χ0v) is 50.2. The van der Waals surface area contributed by atoms with Crippen molar-refractivity contribution in [2.45, 2.75) is 330 Å². The first kappa shape index (κ1) is 74.3. The van der Waals surface area contributed by atoms with Crippen LogP contribution in [0, 0.1) is 0 Å². The van der Waals surface area contributed by atoms with Crippen LogP contribution in [0.2, 0.25) is 0 Å². The Bertz CT molecular complexity index is 1640. The van der Waals surface area contributed by atoms with Gasteiger partial charge in [0.2, 0.25) is 5.91 Å². The highest BCUT2D eigenvalue weighted by Crippen LogP contribution is 2.33. The van der Waals surface area contributed by atoms with Gasteiger partial charge in [0, 0.05) is 6.42 Å². The summed E-state index contributed by atoms with van der Waals surface area (Å²) in [7, 11) is 0. The van der Waals surface area contributed by atoms with E-state index in [1.54, 1.807) is 6.08 Å². The number of aliphatic hydroxyl groups excluding tert-OH is 11. The van der Waals surface area contributed by atoms with Crippen LogP contribution in [0.25, 0.3) is 0 Å².